The van der Waals surface area contributed by atoms with Gasteiger partial charge >= 0.3 is 26.0 Å². The number of hydrogen-bond acceptors (Lipinski definition) is 11. The molecule has 0 atom stereocenters. The Hall–Kier alpha value is -2.57. The Morgan fingerprint density at radius 1 is 0.650 bits per heavy atom. The highest BCUT2D eigenvalue weighted by Crippen LogP contribution is 2.50. The summed E-state index contributed by atoms with van der Waals surface area (Å²) in [5, 5.41) is 0. The van der Waals surface area contributed by atoms with Gasteiger partial charge in [-0.05, 0) is 19.3 Å². The molecule has 0 radical (unpaired) electrons. The zero-order chi connectivity index (χ0) is 30.1. The third-order valence-corrected chi connectivity index (χ3v) is 6.38. The first-order valence-corrected chi connectivity index (χ1v) is 15.4. The Balaban J connectivity index is 4.80. The van der Waals surface area contributed by atoms with Gasteiger partial charge in [0.2, 0.25) is 5.96 Å². The number of nitrogens with zero attached hydrogens (tertiary/aromatic N) is 2. The molecule has 0 saturated carbocycles. The summed E-state index contributed by atoms with van der Waals surface area (Å²) in [5.41, 5.74) is 5.92. The molecule has 0 heterocycles. The van der Waals surface area contributed by atoms with Gasteiger partial charge in [-0.2, -0.15) is 0 Å². The number of likely N-dealkylation sites (N-methyl/N-ethyl adjacent to an activating group) is 1. The van der Waals surface area contributed by atoms with Gasteiger partial charge in [-0.25, -0.2) is 14.2 Å². The fraction of sp³-hybridized carbons (Fsp3) is 0.840. The Kier molecular flexibility index (Phi) is 22.7. The van der Waals surface area contributed by atoms with Crippen LogP contribution in [0, 0.1) is 0 Å². The highest BCUT2D eigenvalue weighted by molar-refractivity contribution is 7.52. The average Bonchev–Trinajstić information content (AvgIpc) is 2.91. The monoisotopic (exact) mass is 597 g/mol. The molecule has 40 heavy (non-hydrogen) atoms. The van der Waals surface area contributed by atoms with Crippen molar-refractivity contribution in [2.24, 2.45) is 10.5 Å². The second kappa shape index (κ2) is 24.2. The molecule has 15 heteroatoms. The molecule has 234 valence electrons. The van der Waals surface area contributed by atoms with Gasteiger partial charge in [0.15, 0.2) is 0 Å². The normalized spacial score (nSPS) is 11.6. The van der Waals surface area contributed by atoms with Crippen LogP contribution in [-0.4, -0.2) is 89.0 Å². The second-order valence-corrected chi connectivity index (χ2v) is 10.3. The quantitative estimate of drug-likeness (QED) is 0.0425. The standard InChI is InChI=1S/C25H48N3O11P/c1-5-8-10-15-34-24(30)36-17-12-19-38-40(32,27-23(26)28(4)21-22(29)33-14-7-3)39-20-13-18-37-25(31)35-16-11-9-6-2/h5-21H2,1-4H3,(H2,26,27,32). The van der Waals surface area contributed by atoms with Crippen LogP contribution in [0.2, 0.25) is 0 Å². The summed E-state index contributed by atoms with van der Waals surface area (Å²) >= 11 is 0. The number of unbranched alkanes of at least 4 members (excludes halogenated alkanes) is 4. The van der Waals surface area contributed by atoms with Crippen molar-refractivity contribution in [1.29, 1.82) is 0 Å². The number of ether oxygens (including phenoxy) is 5. The molecule has 0 rings (SSSR count). The van der Waals surface area contributed by atoms with E-state index < -0.39 is 26.0 Å². The molecule has 0 aromatic heterocycles. The molecular formula is C25H48N3O11P. The van der Waals surface area contributed by atoms with Crippen LogP contribution in [0.25, 0.3) is 0 Å². The first-order chi connectivity index (χ1) is 19.2. The van der Waals surface area contributed by atoms with Crippen molar-refractivity contribution >= 4 is 32.0 Å². The lowest BCUT2D eigenvalue weighted by Gasteiger charge is -2.20. The fourth-order valence-corrected chi connectivity index (χ4v) is 4.03. The first-order valence-electron chi connectivity index (χ1n) is 13.9. The second-order valence-electron chi connectivity index (χ2n) is 8.68. The minimum Gasteiger partial charge on any atom is -0.464 e. The highest BCUT2D eigenvalue weighted by Gasteiger charge is 2.26. The van der Waals surface area contributed by atoms with Crippen molar-refractivity contribution in [2.45, 2.75) is 78.6 Å². The van der Waals surface area contributed by atoms with E-state index in [1.807, 2.05) is 20.8 Å². The van der Waals surface area contributed by atoms with E-state index in [1.54, 1.807) is 0 Å². The number of nitrogens with two attached hydrogens (primary N) is 1. The van der Waals surface area contributed by atoms with Crippen LogP contribution in [0.15, 0.2) is 4.76 Å². The number of hydrogen-bond donors (Lipinski definition) is 1. The van der Waals surface area contributed by atoms with Crippen LogP contribution >= 0.6 is 7.75 Å². The molecule has 0 aliphatic carbocycles. The van der Waals surface area contributed by atoms with Gasteiger partial charge in [0.25, 0.3) is 0 Å². The van der Waals surface area contributed by atoms with E-state index in [2.05, 4.69) is 4.76 Å². The van der Waals surface area contributed by atoms with Crippen LogP contribution < -0.4 is 5.73 Å². The number of carbonyl (C=O) groups excluding carboxylic acids is 3. The predicted molar refractivity (Wildman–Crippen MR) is 148 cm³/mol. The maximum absolute atomic E-state index is 13.3. The van der Waals surface area contributed by atoms with Crippen molar-refractivity contribution in [3.05, 3.63) is 0 Å². The number of carbonyl (C=O) groups is 3. The molecule has 0 spiro atoms. The van der Waals surface area contributed by atoms with Gasteiger partial charge in [-0.3, -0.25) is 13.8 Å². The van der Waals surface area contributed by atoms with Crippen molar-refractivity contribution in [3.8, 4) is 0 Å². The molecule has 0 aromatic carbocycles. The summed E-state index contributed by atoms with van der Waals surface area (Å²) in [6.45, 7) is 6.18. The Morgan fingerprint density at radius 2 is 1.10 bits per heavy atom. The number of esters is 1. The minimum absolute atomic E-state index is 0.0385. The summed E-state index contributed by atoms with van der Waals surface area (Å²) in [6.07, 6.45) is 4.85. The SMILES string of the molecule is CCCCCOC(=O)OCCCOP(=O)(N=C(N)N(C)CC(=O)OCCC)OCCCOC(=O)OCCCCC. The van der Waals surface area contributed by atoms with Crippen LogP contribution in [0.5, 0.6) is 0 Å². The Labute approximate surface area is 237 Å². The molecule has 0 aliphatic heterocycles. The molecule has 0 unspecified atom stereocenters. The summed E-state index contributed by atoms with van der Waals surface area (Å²) in [5.74, 6) is -0.799. The summed E-state index contributed by atoms with van der Waals surface area (Å²) in [6, 6.07) is 0. The summed E-state index contributed by atoms with van der Waals surface area (Å²) in [7, 11) is -2.68. The third kappa shape index (κ3) is 21.3. The number of rotatable bonds is 23. The lowest BCUT2D eigenvalue weighted by Crippen LogP contribution is -2.38. The largest absolute Gasteiger partial charge is 0.508 e. The van der Waals surface area contributed by atoms with Crippen LogP contribution in [0.1, 0.15) is 78.6 Å². The van der Waals surface area contributed by atoms with E-state index in [-0.39, 0.29) is 71.6 Å². The Morgan fingerprint density at radius 3 is 1.52 bits per heavy atom. The molecule has 0 fully saturated rings. The van der Waals surface area contributed by atoms with E-state index in [0.29, 0.717) is 6.42 Å². The molecule has 0 aliphatic rings. The van der Waals surface area contributed by atoms with Gasteiger partial charge < -0.3 is 34.3 Å². The topological polar surface area (TPSA) is 175 Å². The van der Waals surface area contributed by atoms with Gasteiger partial charge in [-0.15, -0.1) is 4.76 Å². The van der Waals surface area contributed by atoms with Gasteiger partial charge in [0.1, 0.15) is 6.54 Å². The maximum Gasteiger partial charge on any atom is 0.508 e. The van der Waals surface area contributed by atoms with Gasteiger partial charge in [0, 0.05) is 19.9 Å². The minimum atomic E-state index is -4.15. The van der Waals surface area contributed by atoms with Crippen molar-refractivity contribution in [2.75, 3.05) is 59.8 Å². The predicted octanol–water partition coefficient (Wildman–Crippen LogP) is 4.79. The van der Waals surface area contributed by atoms with Crippen molar-refractivity contribution < 1.29 is 51.7 Å². The molecule has 0 bridgehead atoms. The van der Waals surface area contributed by atoms with Gasteiger partial charge in [0.05, 0.1) is 46.2 Å². The molecule has 0 saturated heterocycles. The van der Waals surface area contributed by atoms with E-state index in [9.17, 15) is 18.9 Å². The maximum atomic E-state index is 13.3. The van der Waals surface area contributed by atoms with E-state index in [4.69, 9.17) is 38.5 Å². The first kappa shape index (κ1) is 37.4. The van der Waals surface area contributed by atoms with Crippen molar-refractivity contribution in [1.82, 2.24) is 4.90 Å². The average molecular weight is 598 g/mol. The summed E-state index contributed by atoms with van der Waals surface area (Å²) < 4.78 is 52.7. The van der Waals surface area contributed by atoms with Crippen LogP contribution in [-0.2, 0) is 42.1 Å². The summed E-state index contributed by atoms with van der Waals surface area (Å²) in [4.78, 5) is 36.3. The molecular weight excluding hydrogens is 549 g/mol. The Bertz CT molecular complexity index is 745. The molecule has 0 amide bonds. The molecule has 0 aromatic rings. The van der Waals surface area contributed by atoms with E-state index >= 15 is 0 Å². The fourth-order valence-electron chi connectivity index (χ4n) is 2.72. The molecule has 14 nitrogen and oxygen atoms in total. The van der Waals surface area contributed by atoms with Crippen molar-refractivity contribution in [3.63, 3.8) is 0 Å². The van der Waals surface area contributed by atoms with Gasteiger partial charge in [-0.1, -0.05) is 46.5 Å². The molecule has 2 N–H and O–H groups in total. The van der Waals surface area contributed by atoms with Crippen LogP contribution in [0.3, 0.4) is 0 Å². The number of guanidine groups is 1. The zero-order valence-corrected chi connectivity index (χ0v) is 25.3. The van der Waals surface area contributed by atoms with E-state index in [0.717, 1.165) is 38.5 Å². The third-order valence-electron chi connectivity index (χ3n) is 4.91. The zero-order valence-electron chi connectivity index (χ0n) is 24.4. The lowest BCUT2D eigenvalue weighted by molar-refractivity contribution is -0.143. The smallest absolute Gasteiger partial charge is 0.464 e. The lowest BCUT2D eigenvalue weighted by atomic mass is 10.3. The highest BCUT2D eigenvalue weighted by atomic mass is 31.2. The van der Waals surface area contributed by atoms with Crippen LogP contribution in [0.4, 0.5) is 9.59 Å². The van der Waals surface area contributed by atoms with E-state index in [1.165, 1.54) is 11.9 Å².